The molecule has 0 heterocycles. The third-order valence-corrected chi connectivity index (χ3v) is 5.72. The molecule has 0 aromatic heterocycles. The molecule has 0 aliphatic heterocycles. The van der Waals surface area contributed by atoms with Crippen LogP contribution in [0, 0.1) is 30.6 Å². The van der Waals surface area contributed by atoms with Crippen LogP contribution in [-0.2, 0) is 0 Å². The second kappa shape index (κ2) is 3.95. The Balaban J connectivity index is 1.57. The molecule has 0 amide bonds. The van der Waals surface area contributed by atoms with E-state index >= 15 is 0 Å². The lowest BCUT2D eigenvalue weighted by molar-refractivity contribution is 0.456. The number of hydrogen-bond donors (Lipinski definition) is 2. The SMILES string of the molecule is Cc1ccc(NC2C3C4CCC(C4)C23)c(C(N)=S)c1. The van der Waals surface area contributed by atoms with Crippen LogP contribution >= 0.6 is 12.2 Å². The monoisotopic (exact) mass is 272 g/mol. The maximum absolute atomic E-state index is 5.85. The van der Waals surface area contributed by atoms with Crippen LogP contribution in [0.3, 0.4) is 0 Å². The van der Waals surface area contributed by atoms with Crippen LogP contribution in [0.25, 0.3) is 0 Å². The molecule has 3 saturated carbocycles. The molecule has 0 radical (unpaired) electrons. The second-order valence-electron chi connectivity index (χ2n) is 6.57. The minimum absolute atomic E-state index is 0.500. The predicted octanol–water partition coefficient (Wildman–Crippen LogP) is 3.09. The first-order chi connectivity index (χ1) is 9.15. The first-order valence-corrected chi connectivity index (χ1v) is 7.73. The van der Waals surface area contributed by atoms with Gasteiger partial charge in [0.05, 0.1) is 0 Å². The van der Waals surface area contributed by atoms with Crippen molar-refractivity contribution in [3.8, 4) is 0 Å². The highest BCUT2D eigenvalue weighted by molar-refractivity contribution is 7.80. The summed E-state index contributed by atoms with van der Waals surface area (Å²) in [6.07, 6.45) is 4.41. The summed E-state index contributed by atoms with van der Waals surface area (Å²) < 4.78 is 0. The van der Waals surface area contributed by atoms with Crippen molar-refractivity contribution in [1.29, 1.82) is 0 Å². The van der Waals surface area contributed by atoms with Crippen molar-refractivity contribution in [2.24, 2.45) is 29.4 Å². The smallest absolute Gasteiger partial charge is 0.106 e. The van der Waals surface area contributed by atoms with Crippen LogP contribution in [0.1, 0.15) is 30.4 Å². The normalized spacial score (nSPS) is 38.1. The van der Waals surface area contributed by atoms with Crippen LogP contribution in [0.2, 0.25) is 0 Å². The van der Waals surface area contributed by atoms with E-state index in [1.165, 1.54) is 24.8 Å². The standard InChI is InChI=1S/C16H20N2S/c1-8-2-5-12(11(6-8)16(17)19)18-15-13-9-3-4-10(7-9)14(13)15/h2,5-6,9-10,13-15,18H,3-4,7H2,1H3,(H2,17,19). The number of anilines is 1. The van der Waals surface area contributed by atoms with Crippen molar-refractivity contribution in [1.82, 2.24) is 0 Å². The van der Waals surface area contributed by atoms with Gasteiger partial charge >= 0.3 is 0 Å². The van der Waals surface area contributed by atoms with E-state index in [-0.39, 0.29) is 0 Å². The fourth-order valence-corrected chi connectivity index (χ4v) is 4.85. The molecule has 0 saturated heterocycles. The van der Waals surface area contributed by atoms with E-state index in [2.05, 4.69) is 30.4 Å². The average molecular weight is 272 g/mol. The molecular weight excluding hydrogens is 252 g/mol. The molecule has 4 atom stereocenters. The first-order valence-electron chi connectivity index (χ1n) is 7.32. The van der Waals surface area contributed by atoms with Gasteiger partial charge in [-0.25, -0.2) is 0 Å². The maximum atomic E-state index is 5.85. The second-order valence-corrected chi connectivity index (χ2v) is 7.01. The van der Waals surface area contributed by atoms with Crippen molar-refractivity contribution in [2.45, 2.75) is 32.2 Å². The third-order valence-electron chi connectivity index (χ3n) is 5.50. The van der Waals surface area contributed by atoms with Gasteiger partial charge in [-0.05, 0) is 62.0 Å². The largest absolute Gasteiger partial charge is 0.389 e. The Kier molecular flexibility index (Phi) is 2.44. The van der Waals surface area contributed by atoms with Gasteiger partial charge in [0.25, 0.3) is 0 Å². The molecule has 4 unspecified atom stereocenters. The van der Waals surface area contributed by atoms with E-state index in [9.17, 15) is 0 Å². The summed E-state index contributed by atoms with van der Waals surface area (Å²) in [5, 5.41) is 3.73. The zero-order valence-electron chi connectivity index (χ0n) is 11.2. The van der Waals surface area contributed by atoms with Crippen molar-refractivity contribution in [3.63, 3.8) is 0 Å². The van der Waals surface area contributed by atoms with E-state index in [0.29, 0.717) is 11.0 Å². The summed E-state index contributed by atoms with van der Waals surface area (Å²) in [7, 11) is 0. The Labute approximate surface area is 119 Å². The van der Waals surface area contributed by atoms with E-state index in [0.717, 1.165) is 34.9 Å². The first kappa shape index (κ1) is 11.7. The maximum Gasteiger partial charge on any atom is 0.106 e. The van der Waals surface area contributed by atoms with Crippen LogP contribution in [0.15, 0.2) is 18.2 Å². The van der Waals surface area contributed by atoms with E-state index in [1.807, 2.05) is 0 Å². The van der Waals surface area contributed by atoms with Gasteiger partial charge in [-0.15, -0.1) is 0 Å². The van der Waals surface area contributed by atoms with Crippen LogP contribution < -0.4 is 11.1 Å². The quantitative estimate of drug-likeness (QED) is 0.830. The fourth-order valence-electron chi connectivity index (χ4n) is 4.69. The number of rotatable bonds is 3. The highest BCUT2D eigenvalue weighted by Crippen LogP contribution is 2.66. The van der Waals surface area contributed by atoms with Gasteiger partial charge in [0.1, 0.15) is 4.99 Å². The van der Waals surface area contributed by atoms with Gasteiger partial charge in [0.2, 0.25) is 0 Å². The van der Waals surface area contributed by atoms with Gasteiger partial charge in [-0.2, -0.15) is 0 Å². The van der Waals surface area contributed by atoms with Gasteiger partial charge in [0, 0.05) is 17.3 Å². The lowest BCUT2D eigenvalue weighted by Gasteiger charge is -2.15. The molecular formula is C16H20N2S. The number of benzene rings is 1. The Morgan fingerprint density at radius 1 is 1.26 bits per heavy atom. The summed E-state index contributed by atoms with van der Waals surface area (Å²) in [6.45, 7) is 2.08. The summed E-state index contributed by atoms with van der Waals surface area (Å²) >= 11 is 5.18. The molecule has 3 aliphatic rings. The minimum Gasteiger partial charge on any atom is -0.389 e. The Hall–Kier alpha value is -1.09. The fraction of sp³-hybridized carbons (Fsp3) is 0.562. The molecule has 1 aromatic carbocycles. The average Bonchev–Trinajstić information content (AvgIpc) is 2.79. The Morgan fingerprint density at radius 2 is 1.95 bits per heavy atom. The number of hydrogen-bond acceptors (Lipinski definition) is 2. The molecule has 0 spiro atoms. The lowest BCUT2D eigenvalue weighted by Crippen LogP contribution is -2.17. The topological polar surface area (TPSA) is 38.0 Å². The molecule has 1 aromatic rings. The van der Waals surface area contributed by atoms with E-state index < -0.39 is 0 Å². The number of nitrogens with two attached hydrogens (primary N) is 1. The lowest BCUT2D eigenvalue weighted by atomic mass is 10.0. The molecule has 4 rings (SSSR count). The number of aryl methyl sites for hydroxylation is 1. The zero-order chi connectivity index (χ0) is 13.1. The zero-order valence-corrected chi connectivity index (χ0v) is 12.0. The molecule has 2 nitrogen and oxygen atoms in total. The number of fused-ring (bicyclic) bond motifs is 5. The Bertz CT molecular complexity index is 538. The van der Waals surface area contributed by atoms with E-state index in [1.54, 1.807) is 0 Å². The number of nitrogens with one attached hydrogen (secondary N) is 1. The Morgan fingerprint density at radius 3 is 2.58 bits per heavy atom. The molecule has 2 bridgehead atoms. The minimum atomic E-state index is 0.500. The van der Waals surface area contributed by atoms with E-state index in [4.69, 9.17) is 18.0 Å². The molecule has 3 heteroatoms. The molecule has 100 valence electrons. The van der Waals surface area contributed by atoms with Crippen LogP contribution in [0.5, 0.6) is 0 Å². The molecule has 3 aliphatic carbocycles. The summed E-state index contributed by atoms with van der Waals surface area (Å²) in [5.41, 5.74) is 9.21. The molecule has 19 heavy (non-hydrogen) atoms. The van der Waals surface area contributed by atoms with Gasteiger partial charge in [-0.3, -0.25) is 0 Å². The third kappa shape index (κ3) is 1.71. The van der Waals surface area contributed by atoms with Crippen molar-refractivity contribution < 1.29 is 0 Å². The molecule has 3 fully saturated rings. The van der Waals surface area contributed by atoms with Gasteiger partial charge < -0.3 is 11.1 Å². The van der Waals surface area contributed by atoms with Gasteiger partial charge in [-0.1, -0.05) is 23.8 Å². The van der Waals surface area contributed by atoms with Crippen molar-refractivity contribution >= 4 is 22.9 Å². The highest BCUT2D eigenvalue weighted by atomic mass is 32.1. The van der Waals surface area contributed by atoms with Crippen LogP contribution in [-0.4, -0.2) is 11.0 Å². The summed E-state index contributed by atoms with van der Waals surface area (Å²) in [5.74, 6) is 3.84. The predicted molar refractivity (Wildman–Crippen MR) is 82.3 cm³/mol. The summed E-state index contributed by atoms with van der Waals surface area (Å²) in [6, 6.07) is 7.05. The van der Waals surface area contributed by atoms with Crippen molar-refractivity contribution in [3.05, 3.63) is 29.3 Å². The van der Waals surface area contributed by atoms with Gasteiger partial charge in [0.15, 0.2) is 0 Å². The highest BCUT2D eigenvalue weighted by Gasteiger charge is 2.65. The molecule has 3 N–H and O–H groups in total. The van der Waals surface area contributed by atoms with Crippen molar-refractivity contribution in [2.75, 3.05) is 5.32 Å². The summed E-state index contributed by atoms with van der Waals surface area (Å²) in [4.78, 5) is 0.500. The number of thiocarbonyl (C=S) groups is 1. The van der Waals surface area contributed by atoms with Crippen LogP contribution in [0.4, 0.5) is 5.69 Å².